The Morgan fingerprint density at radius 2 is 1.71 bits per heavy atom. The first kappa shape index (κ1) is 13.9. The first-order chi connectivity index (χ1) is 10.3. The van der Waals surface area contributed by atoms with Gasteiger partial charge in [0.25, 0.3) is 0 Å². The van der Waals surface area contributed by atoms with E-state index in [0.29, 0.717) is 17.9 Å². The van der Waals surface area contributed by atoms with Gasteiger partial charge in [-0.1, -0.05) is 48.5 Å². The number of halogens is 1. The molecule has 0 aliphatic rings. The molecule has 0 atom stereocenters. The molecule has 3 aromatic carbocycles. The van der Waals surface area contributed by atoms with Crippen molar-refractivity contribution >= 4 is 33.4 Å². The maximum Gasteiger partial charge on any atom is 0.137 e. The second-order valence-electron chi connectivity index (χ2n) is 4.66. The fourth-order valence-corrected chi connectivity index (χ4v) is 3.06. The predicted molar refractivity (Wildman–Crippen MR) is 92.2 cm³/mol. The number of ether oxygens (including phenoxy) is 1. The molecular formula is C18H12INO. The fraction of sp³-hybridized carbons (Fsp3) is 0.0556. The Labute approximate surface area is 137 Å². The van der Waals surface area contributed by atoms with Crippen LogP contribution in [0.4, 0.5) is 0 Å². The van der Waals surface area contributed by atoms with E-state index < -0.39 is 0 Å². The molecule has 0 fully saturated rings. The molecule has 0 unspecified atom stereocenters. The minimum absolute atomic E-state index is 0.460. The number of hydrogen-bond acceptors (Lipinski definition) is 2. The van der Waals surface area contributed by atoms with Crippen LogP contribution in [0, 0.1) is 14.9 Å². The molecule has 0 saturated heterocycles. The van der Waals surface area contributed by atoms with Crippen LogP contribution in [-0.4, -0.2) is 0 Å². The van der Waals surface area contributed by atoms with Crippen LogP contribution in [0.1, 0.15) is 11.1 Å². The van der Waals surface area contributed by atoms with E-state index in [4.69, 9.17) is 10.00 Å². The molecule has 0 bridgehead atoms. The summed E-state index contributed by atoms with van der Waals surface area (Å²) in [6.07, 6.45) is 0. The van der Waals surface area contributed by atoms with Crippen molar-refractivity contribution in [3.63, 3.8) is 0 Å². The Morgan fingerprint density at radius 1 is 0.952 bits per heavy atom. The van der Waals surface area contributed by atoms with Gasteiger partial charge in [0, 0.05) is 9.13 Å². The molecule has 0 aliphatic carbocycles. The topological polar surface area (TPSA) is 33.0 Å². The SMILES string of the molecule is N#Cc1ccccc1OCc1ccc2ccccc2c1I. The average molecular weight is 385 g/mol. The Morgan fingerprint density at radius 3 is 2.57 bits per heavy atom. The van der Waals surface area contributed by atoms with Crippen molar-refractivity contribution in [1.29, 1.82) is 5.26 Å². The zero-order chi connectivity index (χ0) is 14.7. The molecule has 0 heterocycles. The molecule has 3 heteroatoms. The van der Waals surface area contributed by atoms with Crippen molar-refractivity contribution in [2.75, 3.05) is 0 Å². The quantitative estimate of drug-likeness (QED) is 0.602. The van der Waals surface area contributed by atoms with Crippen LogP contribution >= 0.6 is 22.6 Å². The van der Waals surface area contributed by atoms with E-state index in [-0.39, 0.29) is 0 Å². The van der Waals surface area contributed by atoms with Crippen LogP contribution < -0.4 is 4.74 Å². The summed E-state index contributed by atoms with van der Waals surface area (Å²) in [5, 5.41) is 11.5. The molecule has 0 radical (unpaired) electrons. The van der Waals surface area contributed by atoms with E-state index in [9.17, 15) is 0 Å². The van der Waals surface area contributed by atoms with Gasteiger partial charge in [-0.15, -0.1) is 0 Å². The largest absolute Gasteiger partial charge is 0.487 e. The van der Waals surface area contributed by atoms with Gasteiger partial charge in [0.15, 0.2) is 0 Å². The van der Waals surface area contributed by atoms with Crippen molar-refractivity contribution in [1.82, 2.24) is 0 Å². The van der Waals surface area contributed by atoms with E-state index in [2.05, 4.69) is 52.9 Å². The Kier molecular flexibility index (Phi) is 4.07. The lowest BCUT2D eigenvalue weighted by atomic mass is 10.1. The van der Waals surface area contributed by atoms with E-state index in [0.717, 1.165) is 5.56 Å². The van der Waals surface area contributed by atoms with Gasteiger partial charge in [-0.25, -0.2) is 0 Å². The summed E-state index contributed by atoms with van der Waals surface area (Å²) in [6.45, 7) is 0.460. The monoisotopic (exact) mass is 385 g/mol. The van der Waals surface area contributed by atoms with Crippen molar-refractivity contribution in [2.24, 2.45) is 0 Å². The molecule has 0 aliphatic heterocycles. The summed E-state index contributed by atoms with van der Waals surface area (Å²) in [5.41, 5.74) is 1.69. The first-order valence-corrected chi connectivity index (χ1v) is 7.65. The standard InChI is InChI=1S/C18H12INO/c19-18-15(10-9-13-5-1-3-7-16(13)18)12-21-17-8-4-2-6-14(17)11-20/h1-10H,12H2. The van der Waals surface area contributed by atoms with E-state index >= 15 is 0 Å². The van der Waals surface area contributed by atoms with Crippen LogP contribution in [0.15, 0.2) is 60.7 Å². The maximum atomic E-state index is 9.08. The Balaban J connectivity index is 1.89. The average Bonchev–Trinajstić information content (AvgIpc) is 2.55. The zero-order valence-corrected chi connectivity index (χ0v) is 13.4. The molecule has 0 aromatic heterocycles. The minimum atomic E-state index is 0.460. The maximum absolute atomic E-state index is 9.08. The van der Waals surface area contributed by atoms with Crippen molar-refractivity contribution < 1.29 is 4.74 Å². The highest BCUT2D eigenvalue weighted by molar-refractivity contribution is 14.1. The second kappa shape index (κ2) is 6.15. The summed E-state index contributed by atoms with van der Waals surface area (Å²) in [7, 11) is 0. The normalized spacial score (nSPS) is 10.3. The molecule has 21 heavy (non-hydrogen) atoms. The molecule has 3 aromatic rings. The molecule has 0 spiro atoms. The zero-order valence-electron chi connectivity index (χ0n) is 11.2. The van der Waals surface area contributed by atoms with Gasteiger partial charge in [0.1, 0.15) is 18.4 Å². The molecule has 2 nitrogen and oxygen atoms in total. The smallest absolute Gasteiger partial charge is 0.137 e. The predicted octanol–water partition coefficient (Wildman–Crippen LogP) is 4.90. The van der Waals surface area contributed by atoms with Crippen molar-refractivity contribution in [2.45, 2.75) is 6.61 Å². The number of nitriles is 1. The Hall–Kier alpha value is -2.06. The highest BCUT2D eigenvalue weighted by atomic mass is 127. The van der Waals surface area contributed by atoms with Crippen LogP contribution in [-0.2, 0) is 6.61 Å². The van der Waals surface area contributed by atoms with Gasteiger partial charge < -0.3 is 4.74 Å². The van der Waals surface area contributed by atoms with Crippen molar-refractivity contribution in [3.8, 4) is 11.8 Å². The number of para-hydroxylation sites is 1. The van der Waals surface area contributed by atoms with Crippen LogP contribution in [0.25, 0.3) is 10.8 Å². The second-order valence-corrected chi connectivity index (χ2v) is 5.74. The molecule has 3 rings (SSSR count). The highest BCUT2D eigenvalue weighted by Crippen LogP contribution is 2.26. The van der Waals surface area contributed by atoms with Gasteiger partial charge in [-0.05, 0) is 45.5 Å². The van der Waals surface area contributed by atoms with Crippen LogP contribution in [0.2, 0.25) is 0 Å². The Bertz CT molecular complexity index is 836. The summed E-state index contributed by atoms with van der Waals surface area (Å²) in [4.78, 5) is 0. The van der Waals surface area contributed by atoms with Gasteiger partial charge in [-0.3, -0.25) is 0 Å². The van der Waals surface area contributed by atoms with Crippen LogP contribution in [0.3, 0.4) is 0 Å². The molecule has 0 N–H and O–H groups in total. The van der Waals surface area contributed by atoms with E-state index in [1.54, 1.807) is 6.07 Å². The molecule has 0 amide bonds. The van der Waals surface area contributed by atoms with Crippen LogP contribution in [0.5, 0.6) is 5.75 Å². The lowest BCUT2D eigenvalue weighted by Gasteiger charge is -2.11. The van der Waals surface area contributed by atoms with E-state index in [1.165, 1.54) is 14.3 Å². The van der Waals surface area contributed by atoms with Crippen molar-refractivity contribution in [3.05, 3.63) is 75.4 Å². The van der Waals surface area contributed by atoms with Gasteiger partial charge in [0.05, 0.1) is 5.56 Å². The summed E-state index contributed by atoms with van der Waals surface area (Å²) < 4.78 is 7.01. The first-order valence-electron chi connectivity index (χ1n) is 6.57. The van der Waals surface area contributed by atoms with Gasteiger partial charge >= 0.3 is 0 Å². The third-order valence-electron chi connectivity index (χ3n) is 3.33. The molecular weight excluding hydrogens is 373 g/mol. The van der Waals surface area contributed by atoms with E-state index in [1.807, 2.05) is 30.3 Å². The summed E-state index contributed by atoms with van der Waals surface area (Å²) >= 11 is 2.35. The third-order valence-corrected chi connectivity index (χ3v) is 4.61. The van der Waals surface area contributed by atoms with Gasteiger partial charge in [0.2, 0.25) is 0 Å². The molecule has 0 saturated carbocycles. The lowest BCUT2D eigenvalue weighted by Crippen LogP contribution is -1.99. The minimum Gasteiger partial charge on any atom is -0.487 e. The number of rotatable bonds is 3. The summed E-state index contributed by atoms with van der Waals surface area (Å²) in [5.74, 6) is 0.629. The van der Waals surface area contributed by atoms with Gasteiger partial charge in [-0.2, -0.15) is 5.26 Å². The summed E-state index contributed by atoms with van der Waals surface area (Å²) in [6, 6.07) is 21.9. The lowest BCUT2D eigenvalue weighted by molar-refractivity contribution is 0.304. The molecule has 102 valence electrons. The number of nitrogens with zero attached hydrogens (tertiary/aromatic N) is 1. The number of fused-ring (bicyclic) bond motifs is 1. The highest BCUT2D eigenvalue weighted by Gasteiger charge is 2.07. The number of hydrogen-bond donors (Lipinski definition) is 0. The third kappa shape index (κ3) is 2.86. The fourth-order valence-electron chi connectivity index (χ4n) is 2.23. The number of benzene rings is 3.